The fraction of sp³-hybridized carbons (Fsp3) is 0.200. The molecular weight excluding hydrogens is 240 g/mol. The van der Waals surface area contributed by atoms with Gasteiger partial charge in [0.1, 0.15) is 0 Å². The first-order chi connectivity index (χ1) is 9.22. The van der Waals surface area contributed by atoms with E-state index in [1.807, 2.05) is 43.3 Å². The average molecular weight is 256 g/mol. The number of ether oxygens (including phenoxy) is 1. The summed E-state index contributed by atoms with van der Waals surface area (Å²) in [6.45, 7) is 1.94. The highest BCUT2D eigenvalue weighted by atomic mass is 16.5. The molecule has 0 fully saturated rings. The number of nitrogens with one attached hydrogen (secondary N) is 1. The van der Waals surface area contributed by atoms with Gasteiger partial charge in [-0.05, 0) is 30.7 Å². The second-order valence-corrected chi connectivity index (χ2v) is 4.20. The van der Waals surface area contributed by atoms with Crippen LogP contribution in [0, 0.1) is 6.92 Å². The zero-order valence-electron chi connectivity index (χ0n) is 11.0. The molecule has 4 nitrogen and oxygen atoms in total. The summed E-state index contributed by atoms with van der Waals surface area (Å²) in [6, 6.07) is 10.9. The molecule has 4 heteroatoms. The van der Waals surface area contributed by atoms with Gasteiger partial charge in [-0.2, -0.15) is 0 Å². The molecule has 0 spiro atoms. The van der Waals surface area contributed by atoms with Gasteiger partial charge in [0, 0.05) is 23.6 Å². The van der Waals surface area contributed by atoms with Crippen LogP contribution in [0.4, 0.5) is 5.69 Å². The number of aromatic nitrogens is 1. The largest absolute Gasteiger partial charge is 0.467 e. The Morgan fingerprint density at radius 3 is 2.63 bits per heavy atom. The molecule has 19 heavy (non-hydrogen) atoms. The Labute approximate surface area is 112 Å². The Balaban J connectivity index is 2.32. The van der Waals surface area contributed by atoms with Crippen molar-refractivity contribution in [2.45, 2.75) is 13.0 Å². The van der Waals surface area contributed by atoms with Crippen molar-refractivity contribution < 1.29 is 9.53 Å². The van der Waals surface area contributed by atoms with E-state index in [-0.39, 0.29) is 5.97 Å². The minimum atomic E-state index is -0.555. The molecule has 1 aromatic carbocycles. The molecule has 1 N–H and O–H groups in total. The number of carbonyl (C=O) groups excluding carboxylic acids is 1. The van der Waals surface area contributed by atoms with Crippen LogP contribution in [0.1, 0.15) is 17.2 Å². The summed E-state index contributed by atoms with van der Waals surface area (Å²) in [5.74, 6) is -0.333. The maximum Gasteiger partial charge on any atom is 0.333 e. The summed E-state index contributed by atoms with van der Waals surface area (Å²) >= 11 is 0. The summed E-state index contributed by atoms with van der Waals surface area (Å²) in [5, 5.41) is 3.17. The highest BCUT2D eigenvalue weighted by Gasteiger charge is 2.23. The smallest absolute Gasteiger partial charge is 0.333 e. The van der Waals surface area contributed by atoms with Gasteiger partial charge in [0.15, 0.2) is 6.04 Å². The Morgan fingerprint density at radius 2 is 2.00 bits per heavy atom. The number of para-hydroxylation sites is 1. The number of hydrogen-bond acceptors (Lipinski definition) is 4. The molecule has 1 heterocycles. The molecule has 0 bridgehead atoms. The van der Waals surface area contributed by atoms with E-state index in [4.69, 9.17) is 4.74 Å². The van der Waals surface area contributed by atoms with E-state index in [1.165, 1.54) is 7.11 Å². The third kappa shape index (κ3) is 3.10. The fourth-order valence-electron chi connectivity index (χ4n) is 1.86. The molecule has 0 radical (unpaired) electrons. The zero-order chi connectivity index (χ0) is 13.7. The number of pyridine rings is 1. The van der Waals surface area contributed by atoms with Crippen LogP contribution >= 0.6 is 0 Å². The summed E-state index contributed by atoms with van der Waals surface area (Å²) in [7, 11) is 1.38. The van der Waals surface area contributed by atoms with Gasteiger partial charge in [-0.3, -0.25) is 4.98 Å². The summed E-state index contributed by atoms with van der Waals surface area (Å²) < 4.78 is 4.86. The van der Waals surface area contributed by atoms with Crippen LogP contribution < -0.4 is 5.32 Å². The van der Waals surface area contributed by atoms with Crippen LogP contribution in [0.25, 0.3) is 0 Å². The second-order valence-electron chi connectivity index (χ2n) is 4.20. The molecule has 0 aliphatic rings. The first-order valence-electron chi connectivity index (χ1n) is 6.02. The van der Waals surface area contributed by atoms with Crippen molar-refractivity contribution in [2.24, 2.45) is 0 Å². The molecule has 0 amide bonds. The lowest BCUT2D eigenvalue weighted by Crippen LogP contribution is -2.23. The molecule has 1 atom stereocenters. The van der Waals surface area contributed by atoms with Gasteiger partial charge in [0.25, 0.3) is 0 Å². The number of nitrogens with zero attached hydrogens (tertiary/aromatic N) is 1. The Morgan fingerprint density at radius 1 is 1.26 bits per heavy atom. The number of hydrogen-bond donors (Lipinski definition) is 1. The molecule has 0 saturated heterocycles. The van der Waals surface area contributed by atoms with Crippen molar-refractivity contribution in [1.29, 1.82) is 0 Å². The molecule has 1 aromatic heterocycles. The molecule has 0 aliphatic carbocycles. The lowest BCUT2D eigenvalue weighted by molar-refractivity contribution is -0.141. The Hall–Kier alpha value is -2.36. The van der Waals surface area contributed by atoms with Crippen molar-refractivity contribution in [3.05, 3.63) is 59.9 Å². The summed E-state index contributed by atoms with van der Waals surface area (Å²) in [6.07, 6.45) is 3.39. The SMILES string of the molecule is COC(=O)C(Nc1ccccc1)c1cnccc1C. The van der Waals surface area contributed by atoms with E-state index in [0.29, 0.717) is 0 Å². The fourth-order valence-corrected chi connectivity index (χ4v) is 1.86. The molecule has 98 valence electrons. The molecule has 2 aromatic rings. The molecule has 0 aliphatic heterocycles. The van der Waals surface area contributed by atoms with Crippen LogP contribution in [0.2, 0.25) is 0 Å². The van der Waals surface area contributed by atoms with Crippen LogP contribution in [-0.4, -0.2) is 18.1 Å². The highest BCUT2D eigenvalue weighted by molar-refractivity contribution is 5.81. The Kier molecular flexibility index (Phi) is 4.13. The van der Waals surface area contributed by atoms with Crippen LogP contribution in [0.5, 0.6) is 0 Å². The van der Waals surface area contributed by atoms with Crippen molar-refractivity contribution in [2.75, 3.05) is 12.4 Å². The van der Waals surface area contributed by atoms with Crippen molar-refractivity contribution in [3.63, 3.8) is 0 Å². The van der Waals surface area contributed by atoms with Crippen molar-refractivity contribution in [3.8, 4) is 0 Å². The van der Waals surface area contributed by atoms with Gasteiger partial charge in [0.2, 0.25) is 0 Å². The monoisotopic (exact) mass is 256 g/mol. The number of rotatable bonds is 4. The third-order valence-electron chi connectivity index (χ3n) is 2.91. The zero-order valence-corrected chi connectivity index (χ0v) is 11.0. The highest BCUT2D eigenvalue weighted by Crippen LogP contribution is 2.22. The van der Waals surface area contributed by atoms with E-state index in [9.17, 15) is 4.79 Å². The van der Waals surface area contributed by atoms with E-state index in [1.54, 1.807) is 12.4 Å². The number of aryl methyl sites for hydroxylation is 1. The van der Waals surface area contributed by atoms with Gasteiger partial charge in [-0.1, -0.05) is 18.2 Å². The molecule has 0 saturated carbocycles. The number of esters is 1. The van der Waals surface area contributed by atoms with Crippen LogP contribution in [0.15, 0.2) is 48.8 Å². The van der Waals surface area contributed by atoms with E-state index in [2.05, 4.69) is 10.3 Å². The van der Waals surface area contributed by atoms with Gasteiger partial charge < -0.3 is 10.1 Å². The third-order valence-corrected chi connectivity index (χ3v) is 2.91. The minimum absolute atomic E-state index is 0.333. The van der Waals surface area contributed by atoms with E-state index < -0.39 is 6.04 Å². The number of benzene rings is 1. The number of carbonyl (C=O) groups is 1. The average Bonchev–Trinajstić information content (AvgIpc) is 2.46. The second kappa shape index (κ2) is 6.00. The predicted molar refractivity (Wildman–Crippen MR) is 73.8 cm³/mol. The van der Waals surface area contributed by atoms with Crippen molar-refractivity contribution >= 4 is 11.7 Å². The Bertz CT molecular complexity index is 555. The minimum Gasteiger partial charge on any atom is -0.467 e. The van der Waals surface area contributed by atoms with Crippen molar-refractivity contribution in [1.82, 2.24) is 4.98 Å². The number of methoxy groups -OCH3 is 1. The van der Waals surface area contributed by atoms with Gasteiger partial charge in [0.05, 0.1) is 7.11 Å². The lowest BCUT2D eigenvalue weighted by Gasteiger charge is -2.19. The molecule has 1 unspecified atom stereocenters. The topological polar surface area (TPSA) is 51.2 Å². The van der Waals surface area contributed by atoms with Gasteiger partial charge in [-0.15, -0.1) is 0 Å². The first-order valence-corrected chi connectivity index (χ1v) is 6.02. The van der Waals surface area contributed by atoms with E-state index >= 15 is 0 Å². The summed E-state index contributed by atoms with van der Waals surface area (Å²) in [4.78, 5) is 16.0. The van der Waals surface area contributed by atoms with E-state index in [0.717, 1.165) is 16.8 Å². The normalized spacial score (nSPS) is 11.7. The lowest BCUT2D eigenvalue weighted by atomic mass is 10.0. The van der Waals surface area contributed by atoms with Gasteiger partial charge >= 0.3 is 5.97 Å². The maximum absolute atomic E-state index is 12.0. The molecular formula is C15H16N2O2. The van der Waals surface area contributed by atoms with Crippen LogP contribution in [-0.2, 0) is 9.53 Å². The maximum atomic E-state index is 12.0. The molecule has 2 rings (SSSR count). The van der Waals surface area contributed by atoms with Crippen LogP contribution in [0.3, 0.4) is 0 Å². The quantitative estimate of drug-likeness (QED) is 0.854. The predicted octanol–water partition coefficient (Wildman–Crippen LogP) is 2.72. The standard InChI is InChI=1S/C15H16N2O2/c1-11-8-9-16-10-13(11)14(15(18)19-2)17-12-6-4-3-5-7-12/h3-10,14,17H,1-2H3. The number of anilines is 1. The summed E-state index contributed by atoms with van der Waals surface area (Å²) in [5.41, 5.74) is 2.67. The first kappa shape index (κ1) is 13.1. The van der Waals surface area contributed by atoms with Gasteiger partial charge in [-0.25, -0.2) is 4.79 Å².